The monoisotopic (exact) mass is 358 g/mol. The summed E-state index contributed by atoms with van der Waals surface area (Å²) in [4.78, 5) is 14.0. The molecule has 148 valence electrons. The van der Waals surface area contributed by atoms with Gasteiger partial charge in [0.05, 0.1) is 12.2 Å². The number of nitrogens with one attached hydrogen (secondary N) is 1. The quantitative estimate of drug-likeness (QED) is 0.676. The lowest BCUT2D eigenvalue weighted by Crippen LogP contribution is -2.50. The summed E-state index contributed by atoms with van der Waals surface area (Å²) in [6.07, 6.45) is 2.58. The number of rotatable bonds is 8. The minimum Gasteiger partial charge on any atom is -0.444 e. The molecule has 0 unspecified atom stereocenters. The Balaban J connectivity index is 2.49. The van der Waals surface area contributed by atoms with Gasteiger partial charge in [0, 0.05) is 39.3 Å². The Labute approximate surface area is 153 Å². The number of ether oxygens (including phenoxy) is 3. The number of hydrogen-bond donors (Lipinski definition) is 1. The molecule has 0 aliphatic carbocycles. The number of likely N-dealkylation sites (tertiary alicyclic amines) is 1. The second-order valence-corrected chi connectivity index (χ2v) is 8.79. The van der Waals surface area contributed by atoms with E-state index in [1.54, 1.807) is 14.2 Å². The molecular weight excluding hydrogens is 320 g/mol. The Morgan fingerprint density at radius 3 is 2.20 bits per heavy atom. The Kier molecular flexibility index (Phi) is 8.16. The van der Waals surface area contributed by atoms with E-state index in [2.05, 4.69) is 19.2 Å². The second kappa shape index (κ2) is 9.19. The van der Waals surface area contributed by atoms with Crippen LogP contribution in [0.2, 0.25) is 0 Å². The normalized spacial score (nSPS) is 18.3. The van der Waals surface area contributed by atoms with Gasteiger partial charge in [0.2, 0.25) is 0 Å². The van der Waals surface area contributed by atoms with Gasteiger partial charge in [-0.1, -0.05) is 0 Å². The smallest absolute Gasteiger partial charge is 0.410 e. The first-order valence-electron chi connectivity index (χ1n) is 9.25. The molecule has 1 aliphatic rings. The van der Waals surface area contributed by atoms with E-state index in [-0.39, 0.29) is 17.1 Å². The molecule has 0 radical (unpaired) electrons. The Hall–Kier alpha value is -0.850. The topological polar surface area (TPSA) is 60.0 Å². The largest absolute Gasteiger partial charge is 0.444 e. The van der Waals surface area contributed by atoms with Crippen molar-refractivity contribution in [2.24, 2.45) is 5.41 Å². The number of piperidine rings is 1. The number of methoxy groups -OCH3 is 2. The molecule has 0 atom stereocenters. The summed E-state index contributed by atoms with van der Waals surface area (Å²) in [7, 11) is 3.49. The summed E-state index contributed by atoms with van der Waals surface area (Å²) >= 11 is 0. The summed E-state index contributed by atoms with van der Waals surface area (Å²) in [5.41, 5.74) is -0.486. The average Bonchev–Trinajstić information content (AvgIpc) is 2.51. The van der Waals surface area contributed by atoms with Crippen molar-refractivity contribution in [1.29, 1.82) is 0 Å². The summed E-state index contributed by atoms with van der Waals surface area (Å²) in [5, 5.41) is 3.56. The van der Waals surface area contributed by atoms with Crippen molar-refractivity contribution < 1.29 is 19.0 Å². The number of carbonyl (C=O) groups excluding carboxylic acids is 1. The summed E-state index contributed by atoms with van der Waals surface area (Å²) < 4.78 is 16.4. The van der Waals surface area contributed by atoms with E-state index in [4.69, 9.17) is 14.2 Å². The summed E-state index contributed by atoms with van der Waals surface area (Å²) in [6.45, 7) is 13.8. The molecule has 0 aromatic heterocycles. The highest BCUT2D eigenvalue weighted by Crippen LogP contribution is 2.32. The first-order valence-corrected chi connectivity index (χ1v) is 9.25. The highest BCUT2D eigenvalue weighted by atomic mass is 16.6. The van der Waals surface area contributed by atoms with Crippen LogP contribution in [0.5, 0.6) is 0 Å². The van der Waals surface area contributed by atoms with Crippen LogP contribution in [0.1, 0.15) is 53.9 Å². The Morgan fingerprint density at radius 2 is 1.72 bits per heavy atom. The lowest BCUT2D eigenvalue weighted by Gasteiger charge is -2.42. The van der Waals surface area contributed by atoms with Gasteiger partial charge in [-0.15, -0.1) is 0 Å². The third-order valence-corrected chi connectivity index (χ3v) is 4.88. The van der Waals surface area contributed by atoms with Crippen LogP contribution in [-0.2, 0) is 14.2 Å². The molecule has 25 heavy (non-hydrogen) atoms. The zero-order chi connectivity index (χ0) is 19.1. The van der Waals surface area contributed by atoms with Crippen LogP contribution >= 0.6 is 0 Å². The second-order valence-electron chi connectivity index (χ2n) is 8.79. The van der Waals surface area contributed by atoms with Crippen LogP contribution < -0.4 is 5.32 Å². The zero-order valence-electron chi connectivity index (χ0n) is 17.2. The van der Waals surface area contributed by atoms with Gasteiger partial charge >= 0.3 is 6.09 Å². The van der Waals surface area contributed by atoms with Crippen LogP contribution in [0.4, 0.5) is 4.79 Å². The number of amides is 1. The van der Waals surface area contributed by atoms with Crippen LogP contribution in [0.3, 0.4) is 0 Å². The first-order chi connectivity index (χ1) is 11.5. The van der Waals surface area contributed by atoms with E-state index in [9.17, 15) is 4.79 Å². The van der Waals surface area contributed by atoms with Gasteiger partial charge in [0.25, 0.3) is 0 Å². The zero-order valence-corrected chi connectivity index (χ0v) is 17.2. The standard InChI is InChI=1S/C19H38N2O4/c1-17(2,3)25-16(22)21-12-9-19(10-13-21,15-23-6)14-20-11-8-18(4,5)24-7/h20H,8-15H2,1-7H3. The number of carbonyl (C=O) groups is 1. The molecule has 6 nitrogen and oxygen atoms in total. The van der Waals surface area contributed by atoms with Gasteiger partial charge in [0.1, 0.15) is 5.60 Å². The van der Waals surface area contributed by atoms with E-state index < -0.39 is 5.60 Å². The van der Waals surface area contributed by atoms with E-state index >= 15 is 0 Å². The molecular formula is C19H38N2O4. The van der Waals surface area contributed by atoms with Gasteiger partial charge in [0.15, 0.2) is 0 Å². The minimum atomic E-state index is -0.451. The van der Waals surface area contributed by atoms with Crippen molar-refractivity contribution in [3.63, 3.8) is 0 Å². The molecule has 1 N–H and O–H groups in total. The maximum atomic E-state index is 12.2. The fraction of sp³-hybridized carbons (Fsp3) is 0.947. The SMILES string of the molecule is COCC1(CNCCC(C)(C)OC)CCN(C(=O)OC(C)(C)C)CC1. The molecule has 0 spiro atoms. The highest BCUT2D eigenvalue weighted by molar-refractivity contribution is 5.68. The van der Waals surface area contributed by atoms with Crippen molar-refractivity contribution in [3.05, 3.63) is 0 Å². The third-order valence-electron chi connectivity index (χ3n) is 4.88. The predicted molar refractivity (Wildman–Crippen MR) is 99.9 cm³/mol. The molecule has 6 heteroatoms. The first kappa shape index (κ1) is 22.2. The average molecular weight is 359 g/mol. The highest BCUT2D eigenvalue weighted by Gasteiger charge is 2.37. The van der Waals surface area contributed by atoms with Crippen LogP contribution in [0.25, 0.3) is 0 Å². The lowest BCUT2D eigenvalue weighted by molar-refractivity contribution is -0.00856. The van der Waals surface area contributed by atoms with Gasteiger partial charge in [-0.05, 0) is 60.4 Å². The van der Waals surface area contributed by atoms with Crippen molar-refractivity contribution in [3.8, 4) is 0 Å². The van der Waals surface area contributed by atoms with E-state index in [1.165, 1.54) is 0 Å². The molecule has 1 amide bonds. The molecule has 1 rings (SSSR count). The molecule has 1 aliphatic heterocycles. The molecule has 1 saturated heterocycles. The van der Waals surface area contributed by atoms with E-state index in [0.29, 0.717) is 19.7 Å². The molecule has 0 aromatic carbocycles. The van der Waals surface area contributed by atoms with Gasteiger partial charge in [-0.3, -0.25) is 0 Å². The van der Waals surface area contributed by atoms with Gasteiger partial charge < -0.3 is 24.4 Å². The van der Waals surface area contributed by atoms with Crippen molar-refractivity contribution >= 4 is 6.09 Å². The number of hydrogen-bond acceptors (Lipinski definition) is 5. The van der Waals surface area contributed by atoms with Crippen LogP contribution in [-0.4, -0.2) is 69.2 Å². The maximum Gasteiger partial charge on any atom is 0.410 e. The Morgan fingerprint density at radius 1 is 1.12 bits per heavy atom. The van der Waals surface area contributed by atoms with Crippen molar-refractivity contribution in [2.45, 2.75) is 65.1 Å². The van der Waals surface area contributed by atoms with E-state index in [1.807, 2.05) is 25.7 Å². The fourth-order valence-corrected chi connectivity index (χ4v) is 3.01. The van der Waals surface area contributed by atoms with Crippen molar-refractivity contribution in [1.82, 2.24) is 10.2 Å². The van der Waals surface area contributed by atoms with Gasteiger partial charge in [-0.25, -0.2) is 4.79 Å². The van der Waals surface area contributed by atoms with Gasteiger partial charge in [-0.2, -0.15) is 0 Å². The fourth-order valence-electron chi connectivity index (χ4n) is 3.01. The molecule has 0 bridgehead atoms. The predicted octanol–water partition coefficient (Wildman–Crippen LogP) is 3.05. The summed E-state index contributed by atoms with van der Waals surface area (Å²) in [6, 6.07) is 0. The van der Waals surface area contributed by atoms with Crippen molar-refractivity contribution in [2.75, 3.05) is 47.0 Å². The Bertz CT molecular complexity index is 410. The minimum absolute atomic E-state index is 0.0739. The number of nitrogens with zero attached hydrogens (tertiary/aromatic N) is 1. The third kappa shape index (κ3) is 7.92. The molecule has 0 aromatic rings. The summed E-state index contributed by atoms with van der Waals surface area (Å²) in [5.74, 6) is 0. The molecule has 0 saturated carbocycles. The molecule has 1 heterocycles. The van der Waals surface area contributed by atoms with Crippen LogP contribution in [0, 0.1) is 5.41 Å². The molecule has 1 fully saturated rings. The maximum absolute atomic E-state index is 12.2. The van der Waals surface area contributed by atoms with E-state index in [0.717, 1.165) is 32.4 Å². The van der Waals surface area contributed by atoms with Crippen LogP contribution in [0.15, 0.2) is 0 Å². The lowest BCUT2D eigenvalue weighted by atomic mass is 9.79.